The molecule has 150 valence electrons. The first kappa shape index (κ1) is 19.8. The molecule has 1 aliphatic rings. The summed E-state index contributed by atoms with van der Waals surface area (Å²) in [5.74, 6) is 1.35. The summed E-state index contributed by atoms with van der Waals surface area (Å²) in [6.07, 6.45) is 1.29. The fourth-order valence-electron chi connectivity index (χ4n) is 3.07. The summed E-state index contributed by atoms with van der Waals surface area (Å²) < 4.78 is 10.5. The first-order chi connectivity index (χ1) is 13.3. The normalized spacial score (nSPS) is 14.6. The number of amides is 1. The van der Waals surface area contributed by atoms with Crippen LogP contribution < -0.4 is 19.9 Å². The number of anilines is 3. The van der Waals surface area contributed by atoms with E-state index in [1.165, 1.54) is 5.69 Å². The lowest BCUT2D eigenvalue weighted by atomic mass is 10.2. The fraction of sp³-hybridized carbons (Fsp3) is 0.429. The maximum atomic E-state index is 11.8. The van der Waals surface area contributed by atoms with Gasteiger partial charge < -0.3 is 19.3 Å². The van der Waals surface area contributed by atoms with Crippen LogP contribution in [0.25, 0.3) is 0 Å². The van der Waals surface area contributed by atoms with Crippen LogP contribution in [0, 0.1) is 0 Å². The SMILES string of the molecule is COc1ccc(N2CCN(c3ccc(NC(=O)OC(C)(C)C)nc3)CC2)cc1. The van der Waals surface area contributed by atoms with Gasteiger partial charge in [0.2, 0.25) is 0 Å². The van der Waals surface area contributed by atoms with Crippen molar-refractivity contribution in [2.75, 3.05) is 48.4 Å². The highest BCUT2D eigenvalue weighted by molar-refractivity contribution is 5.83. The number of carbonyl (C=O) groups is 1. The summed E-state index contributed by atoms with van der Waals surface area (Å²) in [5, 5.41) is 2.66. The van der Waals surface area contributed by atoms with Crippen molar-refractivity contribution < 1.29 is 14.3 Å². The second kappa shape index (κ2) is 8.37. The minimum atomic E-state index is -0.534. The Kier molecular flexibility index (Phi) is 5.92. The van der Waals surface area contributed by atoms with Crippen molar-refractivity contribution in [3.8, 4) is 5.75 Å². The molecule has 7 heteroatoms. The zero-order valence-corrected chi connectivity index (χ0v) is 16.9. The van der Waals surface area contributed by atoms with Gasteiger partial charge in [0.15, 0.2) is 0 Å². The molecule has 1 N–H and O–H groups in total. The van der Waals surface area contributed by atoms with Crippen molar-refractivity contribution in [1.29, 1.82) is 0 Å². The van der Waals surface area contributed by atoms with Crippen molar-refractivity contribution >= 4 is 23.3 Å². The van der Waals surface area contributed by atoms with Crippen LogP contribution in [-0.2, 0) is 4.74 Å². The molecule has 0 radical (unpaired) electrons. The fourth-order valence-corrected chi connectivity index (χ4v) is 3.07. The molecule has 1 saturated heterocycles. The molecule has 1 aromatic carbocycles. The summed E-state index contributed by atoms with van der Waals surface area (Å²) in [5.41, 5.74) is 1.72. The van der Waals surface area contributed by atoms with Crippen LogP contribution in [0.5, 0.6) is 5.75 Å². The van der Waals surface area contributed by atoms with E-state index >= 15 is 0 Å². The third kappa shape index (κ3) is 5.28. The molecule has 2 aromatic rings. The second-order valence-electron chi connectivity index (χ2n) is 7.70. The minimum Gasteiger partial charge on any atom is -0.497 e. The van der Waals surface area contributed by atoms with Crippen molar-refractivity contribution in [3.05, 3.63) is 42.6 Å². The number of rotatable bonds is 4. The zero-order chi connectivity index (χ0) is 20.1. The van der Waals surface area contributed by atoms with E-state index in [2.05, 4.69) is 32.2 Å². The number of nitrogens with zero attached hydrogens (tertiary/aromatic N) is 3. The summed E-state index contributed by atoms with van der Waals surface area (Å²) in [7, 11) is 1.68. The molecule has 2 heterocycles. The number of ether oxygens (including phenoxy) is 2. The number of benzene rings is 1. The molecule has 1 aliphatic heterocycles. The van der Waals surface area contributed by atoms with E-state index in [0.717, 1.165) is 37.6 Å². The summed E-state index contributed by atoms with van der Waals surface area (Å²) >= 11 is 0. The van der Waals surface area contributed by atoms with Crippen molar-refractivity contribution in [2.45, 2.75) is 26.4 Å². The number of methoxy groups -OCH3 is 1. The third-order valence-corrected chi connectivity index (χ3v) is 4.46. The van der Waals surface area contributed by atoms with E-state index in [1.807, 2.05) is 39.0 Å². The molecular weight excluding hydrogens is 356 g/mol. The Bertz CT molecular complexity index is 777. The van der Waals surface area contributed by atoms with Gasteiger partial charge in [0.1, 0.15) is 17.2 Å². The van der Waals surface area contributed by atoms with Crippen molar-refractivity contribution in [2.24, 2.45) is 0 Å². The molecule has 0 spiro atoms. The quantitative estimate of drug-likeness (QED) is 0.866. The van der Waals surface area contributed by atoms with Gasteiger partial charge in [0.25, 0.3) is 0 Å². The number of nitrogens with one attached hydrogen (secondary N) is 1. The standard InChI is InChI=1S/C21H28N4O3/c1-21(2,3)28-20(26)23-19-10-7-17(15-22-19)25-13-11-24(12-14-25)16-5-8-18(27-4)9-6-16/h5-10,15H,11-14H2,1-4H3,(H,22,23,26). The van der Waals surface area contributed by atoms with E-state index in [4.69, 9.17) is 9.47 Å². The predicted molar refractivity (Wildman–Crippen MR) is 112 cm³/mol. The maximum Gasteiger partial charge on any atom is 0.413 e. The molecule has 3 rings (SSSR count). The van der Waals surface area contributed by atoms with Gasteiger partial charge in [-0.1, -0.05) is 0 Å². The first-order valence-corrected chi connectivity index (χ1v) is 9.44. The lowest BCUT2D eigenvalue weighted by Crippen LogP contribution is -2.46. The van der Waals surface area contributed by atoms with Crippen LogP contribution in [0.15, 0.2) is 42.6 Å². The second-order valence-corrected chi connectivity index (χ2v) is 7.70. The van der Waals surface area contributed by atoms with Gasteiger partial charge in [0, 0.05) is 31.9 Å². The van der Waals surface area contributed by atoms with Crippen LogP contribution in [0.3, 0.4) is 0 Å². The van der Waals surface area contributed by atoms with Gasteiger partial charge in [-0.3, -0.25) is 5.32 Å². The van der Waals surface area contributed by atoms with Gasteiger partial charge in [-0.15, -0.1) is 0 Å². The number of piperazine rings is 1. The van der Waals surface area contributed by atoms with Gasteiger partial charge >= 0.3 is 6.09 Å². The van der Waals surface area contributed by atoms with E-state index in [9.17, 15) is 4.79 Å². The van der Waals surface area contributed by atoms with Crippen LogP contribution in [0.4, 0.5) is 22.0 Å². The molecular formula is C21H28N4O3. The molecule has 7 nitrogen and oxygen atoms in total. The minimum absolute atomic E-state index is 0.481. The van der Waals surface area contributed by atoms with Crippen LogP contribution >= 0.6 is 0 Å². The van der Waals surface area contributed by atoms with Crippen LogP contribution in [-0.4, -0.2) is 50.0 Å². The van der Waals surface area contributed by atoms with Gasteiger partial charge in [-0.25, -0.2) is 9.78 Å². The van der Waals surface area contributed by atoms with Crippen molar-refractivity contribution in [3.63, 3.8) is 0 Å². The van der Waals surface area contributed by atoms with E-state index in [0.29, 0.717) is 5.82 Å². The molecule has 0 unspecified atom stereocenters. The summed E-state index contributed by atoms with van der Waals surface area (Å²) in [6.45, 7) is 9.17. The summed E-state index contributed by atoms with van der Waals surface area (Å²) in [4.78, 5) is 20.8. The molecule has 0 bridgehead atoms. The number of carbonyl (C=O) groups excluding carboxylic acids is 1. The number of aromatic nitrogens is 1. The predicted octanol–water partition coefficient (Wildman–Crippen LogP) is 3.76. The van der Waals surface area contributed by atoms with Crippen molar-refractivity contribution in [1.82, 2.24) is 4.98 Å². The Morgan fingerprint density at radius 3 is 2.04 bits per heavy atom. The highest BCUT2D eigenvalue weighted by Crippen LogP contribution is 2.23. The topological polar surface area (TPSA) is 66.9 Å². The Hall–Kier alpha value is -2.96. The molecule has 1 amide bonds. The molecule has 0 aliphatic carbocycles. The Morgan fingerprint density at radius 1 is 0.964 bits per heavy atom. The lowest BCUT2D eigenvalue weighted by Gasteiger charge is -2.37. The molecule has 0 atom stereocenters. The highest BCUT2D eigenvalue weighted by atomic mass is 16.6. The van der Waals surface area contributed by atoms with Crippen LogP contribution in [0.1, 0.15) is 20.8 Å². The maximum absolute atomic E-state index is 11.8. The van der Waals surface area contributed by atoms with E-state index in [-0.39, 0.29) is 0 Å². The highest BCUT2D eigenvalue weighted by Gasteiger charge is 2.19. The monoisotopic (exact) mass is 384 g/mol. The number of pyridine rings is 1. The molecule has 0 saturated carbocycles. The van der Waals surface area contributed by atoms with Crippen LogP contribution in [0.2, 0.25) is 0 Å². The van der Waals surface area contributed by atoms with Gasteiger partial charge in [-0.05, 0) is 57.2 Å². The average molecular weight is 384 g/mol. The Morgan fingerprint density at radius 2 is 1.54 bits per heavy atom. The van der Waals surface area contributed by atoms with E-state index in [1.54, 1.807) is 19.4 Å². The lowest BCUT2D eigenvalue weighted by molar-refractivity contribution is 0.0635. The molecule has 1 fully saturated rings. The number of hydrogen-bond acceptors (Lipinski definition) is 6. The molecule has 1 aromatic heterocycles. The van der Waals surface area contributed by atoms with E-state index < -0.39 is 11.7 Å². The smallest absolute Gasteiger partial charge is 0.413 e. The Balaban J connectivity index is 1.53. The average Bonchev–Trinajstić information content (AvgIpc) is 2.67. The largest absolute Gasteiger partial charge is 0.497 e. The first-order valence-electron chi connectivity index (χ1n) is 9.44. The van der Waals surface area contributed by atoms with Gasteiger partial charge in [0.05, 0.1) is 19.0 Å². The third-order valence-electron chi connectivity index (χ3n) is 4.46. The zero-order valence-electron chi connectivity index (χ0n) is 16.9. The van der Waals surface area contributed by atoms with Gasteiger partial charge in [-0.2, -0.15) is 0 Å². The Labute approximate surface area is 166 Å². The summed E-state index contributed by atoms with van der Waals surface area (Å²) in [6, 6.07) is 11.9. The number of hydrogen-bond donors (Lipinski definition) is 1. The molecule has 28 heavy (non-hydrogen) atoms.